The number of piperidine rings is 1. The lowest BCUT2D eigenvalue weighted by Gasteiger charge is -2.33. The SMILES string of the molecule is CNS(=O)(=O)c1ccc(CCC(=O)N2CCC[C@@H](c3[nH]ncc3C(=O)N(C)C)C2)cc1. The van der Waals surface area contributed by atoms with E-state index in [9.17, 15) is 18.0 Å². The molecule has 2 amide bonds. The van der Waals surface area contributed by atoms with Gasteiger partial charge in [0, 0.05) is 39.5 Å². The standard InChI is InChI=1S/C21H29N5O4S/c1-22-31(29,30)17-9-6-15(7-10-17)8-11-19(27)26-12-4-5-16(14-26)20-18(13-23-24-20)21(28)25(2)3/h6-7,9-10,13,16,22H,4-5,8,11-12,14H2,1-3H3,(H,23,24)/t16-/m1/s1. The average molecular weight is 448 g/mol. The molecule has 0 radical (unpaired) electrons. The minimum absolute atomic E-state index is 0.0464. The molecule has 1 fully saturated rings. The van der Waals surface area contributed by atoms with Crippen LogP contribution in [0.2, 0.25) is 0 Å². The number of sulfonamides is 1. The van der Waals surface area contributed by atoms with Crippen molar-refractivity contribution in [2.24, 2.45) is 0 Å². The number of aryl methyl sites for hydroxylation is 1. The number of likely N-dealkylation sites (tertiary alicyclic amines) is 1. The number of nitrogens with zero attached hydrogens (tertiary/aromatic N) is 3. The fourth-order valence-electron chi connectivity index (χ4n) is 3.82. The Hall–Kier alpha value is -2.72. The molecule has 2 aromatic rings. The summed E-state index contributed by atoms with van der Waals surface area (Å²) in [5.41, 5.74) is 2.25. The first-order chi connectivity index (χ1) is 14.7. The number of hydrogen-bond acceptors (Lipinski definition) is 5. The van der Waals surface area contributed by atoms with Crippen molar-refractivity contribution in [2.45, 2.75) is 36.5 Å². The highest BCUT2D eigenvalue weighted by Crippen LogP contribution is 2.28. The summed E-state index contributed by atoms with van der Waals surface area (Å²) in [6.07, 6.45) is 4.19. The Kier molecular flexibility index (Phi) is 7.11. The molecular formula is C21H29N5O4S. The summed E-state index contributed by atoms with van der Waals surface area (Å²) in [6.45, 7) is 1.24. The molecule has 31 heavy (non-hydrogen) atoms. The molecule has 0 saturated carbocycles. The highest BCUT2D eigenvalue weighted by atomic mass is 32.2. The average Bonchev–Trinajstić information content (AvgIpc) is 3.27. The first-order valence-corrected chi connectivity index (χ1v) is 11.8. The van der Waals surface area contributed by atoms with Crippen LogP contribution in [-0.2, 0) is 21.2 Å². The van der Waals surface area contributed by atoms with Crippen LogP contribution < -0.4 is 4.72 Å². The number of aromatic nitrogens is 2. The molecule has 9 nitrogen and oxygen atoms in total. The van der Waals surface area contributed by atoms with Gasteiger partial charge >= 0.3 is 0 Å². The third-order valence-electron chi connectivity index (χ3n) is 5.62. The number of amides is 2. The second-order valence-corrected chi connectivity index (χ2v) is 9.81. The van der Waals surface area contributed by atoms with E-state index in [1.165, 1.54) is 11.9 Å². The van der Waals surface area contributed by atoms with Gasteiger partial charge in [-0.3, -0.25) is 14.7 Å². The van der Waals surface area contributed by atoms with E-state index >= 15 is 0 Å². The van der Waals surface area contributed by atoms with E-state index in [0.717, 1.165) is 24.1 Å². The smallest absolute Gasteiger partial charge is 0.256 e. The highest BCUT2D eigenvalue weighted by molar-refractivity contribution is 7.89. The van der Waals surface area contributed by atoms with Crippen LogP contribution in [0.3, 0.4) is 0 Å². The van der Waals surface area contributed by atoms with Crippen LogP contribution in [0.5, 0.6) is 0 Å². The first kappa shape index (κ1) is 23.0. The maximum atomic E-state index is 12.8. The van der Waals surface area contributed by atoms with Crippen molar-refractivity contribution in [3.8, 4) is 0 Å². The van der Waals surface area contributed by atoms with Crippen LogP contribution in [0.15, 0.2) is 35.4 Å². The Balaban J connectivity index is 1.61. The van der Waals surface area contributed by atoms with Crippen molar-refractivity contribution in [1.29, 1.82) is 0 Å². The van der Waals surface area contributed by atoms with E-state index < -0.39 is 10.0 Å². The van der Waals surface area contributed by atoms with Crippen LogP contribution in [0, 0.1) is 0 Å². The van der Waals surface area contributed by atoms with Crippen LogP contribution in [0.4, 0.5) is 0 Å². The molecular weight excluding hydrogens is 418 g/mol. The van der Waals surface area contributed by atoms with Gasteiger partial charge in [0.2, 0.25) is 15.9 Å². The molecule has 0 unspecified atom stereocenters. The second kappa shape index (κ2) is 9.61. The molecule has 0 spiro atoms. The van der Waals surface area contributed by atoms with Gasteiger partial charge in [0.15, 0.2) is 0 Å². The van der Waals surface area contributed by atoms with E-state index in [2.05, 4.69) is 14.9 Å². The summed E-state index contributed by atoms with van der Waals surface area (Å²) in [4.78, 5) is 28.8. The molecule has 2 N–H and O–H groups in total. The highest BCUT2D eigenvalue weighted by Gasteiger charge is 2.29. The molecule has 168 valence electrons. The lowest BCUT2D eigenvalue weighted by molar-refractivity contribution is -0.132. The number of hydrogen-bond donors (Lipinski definition) is 2. The van der Waals surface area contributed by atoms with Gasteiger partial charge in [-0.25, -0.2) is 13.1 Å². The van der Waals surface area contributed by atoms with Crippen molar-refractivity contribution >= 4 is 21.8 Å². The summed E-state index contributed by atoms with van der Waals surface area (Å²) in [5.74, 6) is -0.00214. The predicted molar refractivity (Wildman–Crippen MR) is 116 cm³/mol. The Morgan fingerprint density at radius 2 is 1.97 bits per heavy atom. The van der Waals surface area contributed by atoms with Crippen LogP contribution >= 0.6 is 0 Å². The molecule has 2 heterocycles. The number of H-pyrrole nitrogens is 1. The number of benzene rings is 1. The minimum Gasteiger partial charge on any atom is -0.345 e. The summed E-state index contributed by atoms with van der Waals surface area (Å²) < 4.78 is 25.9. The fraction of sp³-hybridized carbons (Fsp3) is 0.476. The molecule has 3 rings (SSSR count). The first-order valence-electron chi connectivity index (χ1n) is 10.3. The minimum atomic E-state index is -3.47. The Labute approximate surface area is 182 Å². The third-order valence-corrected chi connectivity index (χ3v) is 7.05. The molecule has 1 atom stereocenters. The van der Waals surface area contributed by atoms with Gasteiger partial charge in [-0.05, 0) is 44.0 Å². The number of carbonyl (C=O) groups excluding carboxylic acids is 2. The molecule has 1 aromatic carbocycles. The van der Waals surface area contributed by atoms with Crippen LogP contribution in [0.1, 0.15) is 46.8 Å². The normalized spacial score (nSPS) is 16.9. The molecule has 0 aliphatic carbocycles. The van der Waals surface area contributed by atoms with Crippen LogP contribution in [-0.4, -0.2) is 74.5 Å². The van der Waals surface area contributed by atoms with Gasteiger partial charge in [0.1, 0.15) is 0 Å². The van der Waals surface area contributed by atoms with Crippen molar-refractivity contribution in [3.63, 3.8) is 0 Å². The Morgan fingerprint density at radius 1 is 1.26 bits per heavy atom. The fourth-order valence-corrected chi connectivity index (χ4v) is 4.55. The van der Waals surface area contributed by atoms with E-state index in [0.29, 0.717) is 31.5 Å². The quantitative estimate of drug-likeness (QED) is 0.665. The van der Waals surface area contributed by atoms with Crippen molar-refractivity contribution < 1.29 is 18.0 Å². The monoisotopic (exact) mass is 447 g/mol. The largest absolute Gasteiger partial charge is 0.345 e. The van der Waals surface area contributed by atoms with E-state index in [1.807, 2.05) is 4.90 Å². The van der Waals surface area contributed by atoms with Crippen molar-refractivity contribution in [2.75, 3.05) is 34.2 Å². The second-order valence-electron chi connectivity index (χ2n) is 7.93. The maximum absolute atomic E-state index is 12.8. The Morgan fingerprint density at radius 3 is 2.61 bits per heavy atom. The lowest BCUT2D eigenvalue weighted by atomic mass is 9.92. The zero-order valence-electron chi connectivity index (χ0n) is 18.1. The van der Waals surface area contributed by atoms with Gasteiger partial charge in [-0.2, -0.15) is 5.10 Å². The van der Waals surface area contributed by atoms with Gasteiger partial charge in [-0.15, -0.1) is 0 Å². The topological polar surface area (TPSA) is 115 Å². The zero-order valence-corrected chi connectivity index (χ0v) is 18.9. The molecule has 0 bridgehead atoms. The lowest BCUT2D eigenvalue weighted by Crippen LogP contribution is -2.39. The number of nitrogens with one attached hydrogen (secondary N) is 2. The van der Waals surface area contributed by atoms with Crippen molar-refractivity contribution in [1.82, 2.24) is 24.7 Å². The molecule has 10 heteroatoms. The summed E-state index contributed by atoms with van der Waals surface area (Å²) in [7, 11) is 1.31. The summed E-state index contributed by atoms with van der Waals surface area (Å²) in [6, 6.07) is 6.56. The van der Waals surface area contributed by atoms with Crippen LogP contribution in [0.25, 0.3) is 0 Å². The summed E-state index contributed by atoms with van der Waals surface area (Å²) >= 11 is 0. The van der Waals surface area contributed by atoms with Gasteiger partial charge in [0.25, 0.3) is 5.91 Å². The predicted octanol–water partition coefficient (Wildman–Crippen LogP) is 1.36. The van der Waals surface area contributed by atoms with E-state index in [4.69, 9.17) is 0 Å². The number of carbonyl (C=O) groups is 2. The van der Waals surface area contributed by atoms with E-state index in [1.54, 1.807) is 44.6 Å². The van der Waals surface area contributed by atoms with Gasteiger partial charge in [-0.1, -0.05) is 12.1 Å². The Bertz CT molecular complexity index is 1030. The van der Waals surface area contributed by atoms with E-state index in [-0.39, 0.29) is 22.6 Å². The summed E-state index contributed by atoms with van der Waals surface area (Å²) in [5, 5.41) is 7.02. The zero-order chi connectivity index (χ0) is 22.6. The van der Waals surface area contributed by atoms with Gasteiger partial charge in [0.05, 0.1) is 22.3 Å². The third kappa shape index (κ3) is 5.31. The molecule has 1 aromatic heterocycles. The maximum Gasteiger partial charge on any atom is 0.256 e. The number of rotatable bonds is 7. The molecule has 1 saturated heterocycles. The molecule has 1 aliphatic rings. The molecule has 1 aliphatic heterocycles. The van der Waals surface area contributed by atoms with Gasteiger partial charge < -0.3 is 9.80 Å². The van der Waals surface area contributed by atoms with Crippen molar-refractivity contribution in [3.05, 3.63) is 47.3 Å². The number of aromatic amines is 1.